The summed E-state index contributed by atoms with van der Waals surface area (Å²) in [5.41, 5.74) is -1.06. The van der Waals surface area contributed by atoms with Gasteiger partial charge in [0.1, 0.15) is 5.60 Å². The lowest BCUT2D eigenvalue weighted by molar-refractivity contribution is -0.321. The third-order valence-corrected chi connectivity index (χ3v) is 1.46. The first-order valence-corrected chi connectivity index (χ1v) is 4.74. The van der Waals surface area contributed by atoms with Crippen LogP contribution in [-0.2, 0) is 19.4 Å². The Morgan fingerprint density at radius 2 is 1.62 bits per heavy atom. The minimum atomic E-state index is -1.47. The molecule has 16 heavy (non-hydrogen) atoms. The zero-order valence-electron chi connectivity index (χ0n) is 9.73. The van der Waals surface area contributed by atoms with Gasteiger partial charge in [0.25, 0.3) is 5.76 Å². The van der Waals surface area contributed by atoms with E-state index in [1.807, 2.05) is 0 Å². The zero-order chi connectivity index (χ0) is 12.9. The molecular weight excluding hydrogens is 216 g/mol. The molecule has 6 nitrogen and oxygen atoms in total. The van der Waals surface area contributed by atoms with Gasteiger partial charge in [0.05, 0.1) is 5.57 Å². The van der Waals surface area contributed by atoms with Crippen molar-refractivity contribution < 1.29 is 29.6 Å². The summed E-state index contributed by atoms with van der Waals surface area (Å²) in [6, 6.07) is 0. The van der Waals surface area contributed by atoms with E-state index in [0.29, 0.717) is 0 Å². The molecule has 2 N–H and O–H groups in total. The highest BCUT2D eigenvalue weighted by Crippen LogP contribution is 2.16. The molecule has 0 saturated carbocycles. The molecule has 0 aromatic rings. The van der Waals surface area contributed by atoms with Crippen LogP contribution < -0.4 is 0 Å². The number of rotatable bonds is 5. The Balaban J connectivity index is 5.00. The first kappa shape index (κ1) is 14.4. The van der Waals surface area contributed by atoms with Gasteiger partial charge in [-0.2, -0.15) is 4.89 Å². The normalized spacial score (nSPS) is 13.0. The van der Waals surface area contributed by atoms with Gasteiger partial charge in [-0.3, -0.25) is 0 Å². The SMILES string of the molecule is CC/C(C(=O)O)=C(/OOC(C)(C)C)C(=O)O. The number of hydrogen-bond donors (Lipinski definition) is 2. The molecule has 0 aliphatic rings. The van der Waals surface area contributed by atoms with E-state index in [2.05, 4.69) is 4.89 Å². The van der Waals surface area contributed by atoms with Gasteiger partial charge < -0.3 is 15.1 Å². The number of carbonyl (C=O) groups is 2. The van der Waals surface area contributed by atoms with E-state index in [1.54, 1.807) is 20.8 Å². The third-order valence-electron chi connectivity index (χ3n) is 1.46. The monoisotopic (exact) mass is 232 g/mol. The van der Waals surface area contributed by atoms with Crippen LogP contribution in [0.4, 0.5) is 0 Å². The van der Waals surface area contributed by atoms with Gasteiger partial charge in [0.2, 0.25) is 0 Å². The molecule has 0 amide bonds. The average molecular weight is 232 g/mol. The Morgan fingerprint density at radius 1 is 1.12 bits per heavy atom. The zero-order valence-corrected chi connectivity index (χ0v) is 9.73. The second kappa shape index (κ2) is 5.50. The van der Waals surface area contributed by atoms with Crippen molar-refractivity contribution in [3.8, 4) is 0 Å². The highest BCUT2D eigenvalue weighted by molar-refractivity contribution is 5.97. The lowest BCUT2D eigenvalue weighted by Gasteiger charge is -2.18. The summed E-state index contributed by atoms with van der Waals surface area (Å²) in [4.78, 5) is 30.9. The predicted octanol–water partition coefficient (Wildman–Crippen LogP) is 1.57. The minimum absolute atomic E-state index is 0.0322. The van der Waals surface area contributed by atoms with Crippen molar-refractivity contribution in [1.29, 1.82) is 0 Å². The van der Waals surface area contributed by atoms with Gasteiger partial charge in [-0.25, -0.2) is 9.59 Å². The van der Waals surface area contributed by atoms with Crippen molar-refractivity contribution in [1.82, 2.24) is 0 Å². The van der Waals surface area contributed by atoms with Crippen LogP contribution in [0, 0.1) is 0 Å². The molecule has 0 heterocycles. The molecule has 0 spiro atoms. The van der Waals surface area contributed by atoms with E-state index < -0.39 is 23.3 Å². The molecule has 0 aromatic heterocycles. The first-order valence-electron chi connectivity index (χ1n) is 4.74. The molecule has 0 aliphatic carbocycles. The van der Waals surface area contributed by atoms with Crippen molar-refractivity contribution >= 4 is 11.9 Å². The van der Waals surface area contributed by atoms with Gasteiger partial charge >= 0.3 is 11.9 Å². The molecular formula is C10H16O6. The molecule has 0 radical (unpaired) electrons. The number of hydrogen-bond acceptors (Lipinski definition) is 4. The fourth-order valence-corrected chi connectivity index (χ4v) is 0.791. The van der Waals surface area contributed by atoms with E-state index in [1.165, 1.54) is 6.92 Å². The largest absolute Gasteiger partial charge is 0.478 e. The second-order valence-electron chi connectivity index (χ2n) is 4.05. The van der Waals surface area contributed by atoms with Crippen LogP contribution in [-0.4, -0.2) is 27.8 Å². The Morgan fingerprint density at radius 3 is 1.88 bits per heavy atom. The van der Waals surface area contributed by atoms with Crippen molar-refractivity contribution in [2.75, 3.05) is 0 Å². The topological polar surface area (TPSA) is 93.1 Å². The highest BCUT2D eigenvalue weighted by atomic mass is 17.2. The van der Waals surface area contributed by atoms with Gasteiger partial charge in [-0.1, -0.05) is 6.92 Å². The molecule has 0 rings (SSSR count). The van der Waals surface area contributed by atoms with E-state index in [-0.39, 0.29) is 12.0 Å². The summed E-state index contributed by atoms with van der Waals surface area (Å²) < 4.78 is 0. The summed E-state index contributed by atoms with van der Waals surface area (Å²) in [5.74, 6) is -3.49. The van der Waals surface area contributed by atoms with Crippen molar-refractivity contribution in [2.24, 2.45) is 0 Å². The van der Waals surface area contributed by atoms with Crippen LogP contribution in [0.1, 0.15) is 34.1 Å². The van der Waals surface area contributed by atoms with Crippen LogP contribution in [0.5, 0.6) is 0 Å². The van der Waals surface area contributed by atoms with Crippen molar-refractivity contribution in [3.63, 3.8) is 0 Å². The standard InChI is InChI=1S/C10H16O6/c1-5-6(8(11)12)7(9(13)14)15-16-10(2,3)4/h5H2,1-4H3,(H,11,12)(H,13,14)/b7-6-. The summed E-state index contributed by atoms with van der Waals surface area (Å²) in [7, 11) is 0. The van der Waals surface area contributed by atoms with Crippen LogP contribution in [0.25, 0.3) is 0 Å². The molecule has 92 valence electrons. The fourth-order valence-electron chi connectivity index (χ4n) is 0.791. The molecule has 0 bridgehead atoms. The quantitative estimate of drug-likeness (QED) is 0.323. The van der Waals surface area contributed by atoms with Gasteiger partial charge in [-0.05, 0) is 27.2 Å². The van der Waals surface area contributed by atoms with Gasteiger partial charge in [0.15, 0.2) is 0 Å². The van der Waals surface area contributed by atoms with Crippen molar-refractivity contribution in [2.45, 2.75) is 39.7 Å². The van der Waals surface area contributed by atoms with E-state index >= 15 is 0 Å². The molecule has 0 atom stereocenters. The Labute approximate surface area is 93.4 Å². The van der Waals surface area contributed by atoms with E-state index in [9.17, 15) is 9.59 Å². The molecule has 0 aromatic carbocycles. The Kier molecular flexibility index (Phi) is 4.97. The number of aliphatic carboxylic acids is 2. The Bertz CT molecular complexity index is 310. The predicted molar refractivity (Wildman–Crippen MR) is 54.5 cm³/mol. The minimum Gasteiger partial charge on any atom is -0.478 e. The average Bonchev–Trinajstić information content (AvgIpc) is 2.08. The smallest absolute Gasteiger partial charge is 0.375 e. The van der Waals surface area contributed by atoms with E-state index in [4.69, 9.17) is 15.1 Å². The van der Waals surface area contributed by atoms with Crippen LogP contribution >= 0.6 is 0 Å². The van der Waals surface area contributed by atoms with Crippen LogP contribution in [0.15, 0.2) is 11.3 Å². The van der Waals surface area contributed by atoms with Crippen LogP contribution in [0.2, 0.25) is 0 Å². The maximum atomic E-state index is 10.8. The lowest BCUT2D eigenvalue weighted by Crippen LogP contribution is -2.22. The molecule has 0 fully saturated rings. The third kappa shape index (κ3) is 4.79. The molecule has 6 heteroatoms. The van der Waals surface area contributed by atoms with Crippen LogP contribution in [0.3, 0.4) is 0 Å². The highest BCUT2D eigenvalue weighted by Gasteiger charge is 2.24. The summed E-state index contributed by atoms with van der Waals surface area (Å²) in [6.07, 6.45) is 0.0322. The van der Waals surface area contributed by atoms with E-state index in [0.717, 1.165) is 0 Å². The second-order valence-corrected chi connectivity index (χ2v) is 4.05. The fraction of sp³-hybridized carbons (Fsp3) is 0.600. The molecule has 0 saturated heterocycles. The van der Waals surface area contributed by atoms with Crippen molar-refractivity contribution in [3.05, 3.63) is 11.3 Å². The summed E-state index contributed by atoms with van der Waals surface area (Å²) >= 11 is 0. The lowest BCUT2D eigenvalue weighted by atomic mass is 10.2. The molecule has 0 unspecified atom stereocenters. The Hall–Kier alpha value is -1.56. The van der Waals surface area contributed by atoms with Gasteiger partial charge in [0, 0.05) is 0 Å². The summed E-state index contributed by atoms with van der Waals surface area (Å²) in [6.45, 7) is 6.48. The maximum absolute atomic E-state index is 10.8. The van der Waals surface area contributed by atoms with Gasteiger partial charge in [-0.15, -0.1) is 0 Å². The summed E-state index contributed by atoms with van der Waals surface area (Å²) in [5, 5.41) is 17.6. The maximum Gasteiger partial charge on any atom is 0.375 e. The first-order chi connectivity index (χ1) is 7.19. The number of carboxylic acid groups (broad SMARTS) is 2. The molecule has 0 aliphatic heterocycles. The number of carboxylic acids is 2.